The van der Waals surface area contributed by atoms with Crippen LogP contribution in [-0.2, 0) is 20.0 Å². The van der Waals surface area contributed by atoms with Crippen LogP contribution in [0.1, 0.15) is 55.5 Å². The van der Waals surface area contributed by atoms with Gasteiger partial charge in [-0.3, -0.25) is 0 Å². The summed E-state index contributed by atoms with van der Waals surface area (Å²) >= 11 is 0. The number of ether oxygens (including phenoxy) is 1. The lowest BCUT2D eigenvalue weighted by Gasteiger charge is -2.23. The largest absolute Gasteiger partial charge is 0.384 e. The fourth-order valence-corrected chi connectivity index (χ4v) is 5.19. The molecule has 1 aliphatic carbocycles. The Morgan fingerprint density at radius 1 is 1.35 bits per heavy atom. The van der Waals surface area contributed by atoms with Gasteiger partial charge in [-0.25, -0.2) is 8.42 Å². The van der Waals surface area contributed by atoms with Gasteiger partial charge < -0.3 is 9.26 Å². The van der Waals surface area contributed by atoms with Gasteiger partial charge in [0.05, 0.1) is 17.8 Å². The molecule has 1 unspecified atom stereocenters. The van der Waals surface area contributed by atoms with Gasteiger partial charge in [0.2, 0.25) is 5.89 Å². The molecule has 3 rings (SSSR count). The monoisotopic (exact) mass is 300 g/mol. The van der Waals surface area contributed by atoms with Crippen molar-refractivity contribution in [2.75, 3.05) is 19.5 Å². The molecule has 1 aromatic heterocycles. The zero-order valence-corrected chi connectivity index (χ0v) is 12.5. The van der Waals surface area contributed by atoms with Crippen molar-refractivity contribution in [1.82, 2.24) is 10.1 Å². The van der Waals surface area contributed by atoms with Gasteiger partial charge in [0.1, 0.15) is 5.25 Å². The van der Waals surface area contributed by atoms with Crippen molar-refractivity contribution in [3.8, 4) is 0 Å². The van der Waals surface area contributed by atoms with E-state index in [1.807, 2.05) is 0 Å². The van der Waals surface area contributed by atoms with Gasteiger partial charge in [-0.15, -0.1) is 0 Å². The molecule has 0 bridgehead atoms. The molecule has 1 aromatic rings. The quantitative estimate of drug-likeness (QED) is 0.843. The first kappa shape index (κ1) is 14.0. The lowest BCUT2D eigenvalue weighted by molar-refractivity contribution is 0.125. The number of methoxy groups -OCH3 is 1. The second-order valence-corrected chi connectivity index (χ2v) is 8.18. The predicted molar refractivity (Wildman–Crippen MR) is 72.1 cm³/mol. The van der Waals surface area contributed by atoms with Gasteiger partial charge in [-0.05, 0) is 25.7 Å². The predicted octanol–water partition coefficient (Wildman–Crippen LogP) is 1.78. The Balaban J connectivity index is 1.90. The Labute approximate surface area is 118 Å². The normalized spacial score (nSPS) is 27.9. The van der Waals surface area contributed by atoms with Crippen LogP contribution in [-0.4, -0.2) is 38.0 Å². The van der Waals surface area contributed by atoms with E-state index in [-0.39, 0.29) is 17.1 Å². The third kappa shape index (κ3) is 2.26. The van der Waals surface area contributed by atoms with Gasteiger partial charge in [0, 0.05) is 7.11 Å². The highest BCUT2D eigenvalue weighted by Gasteiger charge is 2.42. The fourth-order valence-electron chi connectivity index (χ4n) is 3.41. The summed E-state index contributed by atoms with van der Waals surface area (Å²) in [5.74, 6) is 1.10. The molecule has 0 N–H and O–H groups in total. The van der Waals surface area contributed by atoms with E-state index in [4.69, 9.17) is 9.26 Å². The molecule has 0 spiro atoms. The first-order valence-corrected chi connectivity index (χ1v) is 8.84. The number of hydrogen-bond donors (Lipinski definition) is 0. The highest BCUT2D eigenvalue weighted by molar-refractivity contribution is 7.91. The molecule has 0 radical (unpaired) electrons. The Hall–Kier alpha value is -0.950. The highest BCUT2D eigenvalue weighted by Crippen LogP contribution is 2.41. The number of nitrogens with zero attached hydrogens (tertiary/aromatic N) is 2. The number of rotatable bonds is 4. The standard InChI is InChI=1S/C13H20N2O4S/c1-18-9-13(6-2-3-7-13)12-14-11(19-15-12)10-5-4-8-20(10,16)17/h10H,2-9H2,1H3. The Morgan fingerprint density at radius 3 is 2.70 bits per heavy atom. The van der Waals surface area contributed by atoms with Gasteiger partial charge in [-0.1, -0.05) is 18.0 Å². The SMILES string of the molecule is COCC1(c2noc(C3CCCS3(=O)=O)n2)CCCC1. The first-order chi connectivity index (χ1) is 9.57. The summed E-state index contributed by atoms with van der Waals surface area (Å²) < 4.78 is 34.5. The number of aromatic nitrogens is 2. The van der Waals surface area contributed by atoms with E-state index < -0.39 is 15.1 Å². The molecule has 1 saturated heterocycles. The van der Waals surface area contributed by atoms with Crippen LogP contribution in [0, 0.1) is 0 Å². The second kappa shape index (κ2) is 5.11. The highest BCUT2D eigenvalue weighted by atomic mass is 32.2. The van der Waals surface area contributed by atoms with Crippen LogP contribution in [0.4, 0.5) is 0 Å². The number of hydrogen-bond acceptors (Lipinski definition) is 6. The summed E-state index contributed by atoms with van der Waals surface area (Å²) in [4.78, 5) is 4.42. The molecule has 2 fully saturated rings. The van der Waals surface area contributed by atoms with Crippen molar-refractivity contribution in [1.29, 1.82) is 0 Å². The second-order valence-electron chi connectivity index (χ2n) is 5.87. The Kier molecular flexibility index (Phi) is 3.58. The number of sulfone groups is 1. The Morgan fingerprint density at radius 2 is 2.10 bits per heavy atom. The lowest BCUT2D eigenvalue weighted by atomic mass is 9.86. The van der Waals surface area contributed by atoms with Crippen molar-refractivity contribution in [2.45, 2.75) is 49.2 Å². The minimum atomic E-state index is -3.11. The van der Waals surface area contributed by atoms with Gasteiger partial charge >= 0.3 is 0 Å². The maximum absolute atomic E-state index is 11.9. The third-order valence-corrected chi connectivity index (χ3v) is 6.66. The molecule has 1 atom stereocenters. The molecular formula is C13H20N2O4S. The molecule has 6 nitrogen and oxygen atoms in total. The van der Waals surface area contributed by atoms with Crippen molar-refractivity contribution in [2.24, 2.45) is 0 Å². The van der Waals surface area contributed by atoms with Crippen molar-refractivity contribution >= 4 is 9.84 Å². The third-order valence-electron chi connectivity index (χ3n) is 4.50. The van der Waals surface area contributed by atoms with Crippen LogP contribution < -0.4 is 0 Å². The molecule has 20 heavy (non-hydrogen) atoms. The average molecular weight is 300 g/mol. The minimum Gasteiger partial charge on any atom is -0.384 e. The zero-order chi connectivity index (χ0) is 14.2. The minimum absolute atomic E-state index is 0.196. The van der Waals surface area contributed by atoms with E-state index in [0.717, 1.165) is 25.7 Å². The molecule has 7 heteroatoms. The molecule has 112 valence electrons. The van der Waals surface area contributed by atoms with Crippen LogP contribution in [0.2, 0.25) is 0 Å². The summed E-state index contributed by atoms with van der Waals surface area (Å²) in [5, 5.41) is 3.46. The van der Waals surface area contributed by atoms with Crippen LogP contribution in [0.5, 0.6) is 0 Å². The summed E-state index contributed by atoms with van der Waals surface area (Å²) in [6.07, 6.45) is 5.44. The van der Waals surface area contributed by atoms with Crippen molar-refractivity contribution in [3.05, 3.63) is 11.7 Å². The maximum atomic E-state index is 11.9. The molecule has 0 amide bonds. The van der Waals surface area contributed by atoms with Crippen LogP contribution in [0.3, 0.4) is 0 Å². The van der Waals surface area contributed by atoms with Crippen molar-refractivity contribution in [3.63, 3.8) is 0 Å². The molecule has 2 aliphatic rings. The average Bonchev–Trinajstić information content (AvgIpc) is 3.08. The van der Waals surface area contributed by atoms with E-state index in [2.05, 4.69) is 10.1 Å². The topological polar surface area (TPSA) is 82.3 Å². The van der Waals surface area contributed by atoms with Crippen LogP contribution in [0.25, 0.3) is 0 Å². The van der Waals surface area contributed by atoms with Crippen LogP contribution in [0.15, 0.2) is 4.52 Å². The van der Waals surface area contributed by atoms with E-state index in [0.29, 0.717) is 25.3 Å². The molecule has 2 heterocycles. The van der Waals surface area contributed by atoms with Crippen LogP contribution >= 0.6 is 0 Å². The molecule has 1 aliphatic heterocycles. The van der Waals surface area contributed by atoms with Gasteiger partial charge in [0.25, 0.3) is 0 Å². The summed E-state index contributed by atoms with van der Waals surface area (Å²) in [6.45, 7) is 0.559. The molecule has 0 aromatic carbocycles. The van der Waals surface area contributed by atoms with Gasteiger partial charge in [-0.2, -0.15) is 4.98 Å². The zero-order valence-electron chi connectivity index (χ0n) is 11.7. The van der Waals surface area contributed by atoms with E-state index in [1.54, 1.807) is 7.11 Å². The first-order valence-electron chi connectivity index (χ1n) is 7.12. The smallest absolute Gasteiger partial charge is 0.244 e. The summed E-state index contributed by atoms with van der Waals surface area (Å²) in [7, 11) is -1.44. The van der Waals surface area contributed by atoms with E-state index in [1.165, 1.54) is 0 Å². The van der Waals surface area contributed by atoms with E-state index in [9.17, 15) is 8.42 Å². The summed E-state index contributed by atoms with van der Waals surface area (Å²) in [6, 6.07) is 0. The lowest BCUT2D eigenvalue weighted by Crippen LogP contribution is -2.29. The fraction of sp³-hybridized carbons (Fsp3) is 0.846. The van der Waals surface area contributed by atoms with Crippen molar-refractivity contribution < 1.29 is 17.7 Å². The molecule has 1 saturated carbocycles. The molecular weight excluding hydrogens is 280 g/mol. The van der Waals surface area contributed by atoms with E-state index >= 15 is 0 Å². The Bertz CT molecular complexity index is 575. The maximum Gasteiger partial charge on any atom is 0.244 e. The summed E-state index contributed by atoms with van der Waals surface area (Å²) in [5.41, 5.74) is -0.196. The van der Waals surface area contributed by atoms with Gasteiger partial charge in [0.15, 0.2) is 15.7 Å².